The van der Waals surface area contributed by atoms with E-state index in [1.807, 2.05) is 37.3 Å². The van der Waals surface area contributed by atoms with Gasteiger partial charge in [-0.05, 0) is 39.5 Å². The molecule has 5 heteroatoms. The van der Waals surface area contributed by atoms with E-state index < -0.39 is 0 Å². The normalized spacial score (nSPS) is 11.8. The van der Waals surface area contributed by atoms with Crippen molar-refractivity contribution in [3.05, 3.63) is 57.5 Å². The topological polar surface area (TPSA) is 38.3 Å². The van der Waals surface area contributed by atoms with Crippen molar-refractivity contribution in [2.75, 3.05) is 12.4 Å². The van der Waals surface area contributed by atoms with Crippen molar-refractivity contribution in [3.8, 4) is 5.75 Å². The summed E-state index contributed by atoms with van der Waals surface area (Å²) in [7, 11) is 1.55. The summed E-state index contributed by atoms with van der Waals surface area (Å²) in [6, 6.07) is 13.4. The molecule has 0 unspecified atom stereocenters. The van der Waals surface area contributed by atoms with Crippen molar-refractivity contribution in [2.24, 2.45) is 0 Å². The largest absolute Gasteiger partial charge is 0.493 e. The quantitative estimate of drug-likeness (QED) is 0.767. The Bertz CT molecular complexity index is 661. The van der Waals surface area contributed by atoms with E-state index in [1.54, 1.807) is 19.2 Å². The van der Waals surface area contributed by atoms with E-state index in [-0.39, 0.29) is 11.8 Å². The van der Waals surface area contributed by atoms with Crippen molar-refractivity contribution in [1.29, 1.82) is 0 Å². The first-order valence-corrected chi connectivity index (χ1v) is 8.06. The van der Waals surface area contributed by atoms with Crippen LogP contribution in [0.1, 0.15) is 24.8 Å². The molecule has 2 rings (SSSR count). The highest BCUT2D eigenvalue weighted by Crippen LogP contribution is 2.36. The summed E-state index contributed by atoms with van der Waals surface area (Å²) in [6.45, 7) is 2.03. The maximum atomic E-state index is 12.3. The van der Waals surface area contributed by atoms with E-state index >= 15 is 0 Å². The fourth-order valence-electron chi connectivity index (χ4n) is 2.24. The van der Waals surface area contributed by atoms with Gasteiger partial charge in [-0.3, -0.25) is 4.79 Å². The number of benzene rings is 2. The first-order valence-electron chi connectivity index (χ1n) is 6.89. The fraction of sp³-hybridized carbons (Fsp3) is 0.235. The lowest BCUT2D eigenvalue weighted by Gasteiger charge is -2.15. The summed E-state index contributed by atoms with van der Waals surface area (Å²) in [5, 5.41) is 3.39. The van der Waals surface area contributed by atoms with Crippen LogP contribution >= 0.6 is 27.5 Å². The van der Waals surface area contributed by atoms with E-state index in [2.05, 4.69) is 21.2 Å². The monoisotopic (exact) mass is 381 g/mol. The maximum Gasteiger partial charge on any atom is 0.225 e. The van der Waals surface area contributed by atoms with E-state index in [0.29, 0.717) is 27.4 Å². The zero-order chi connectivity index (χ0) is 16.1. The number of carbonyl (C=O) groups excluding carboxylic acids is 1. The summed E-state index contributed by atoms with van der Waals surface area (Å²) in [6.07, 6.45) is 0.386. The van der Waals surface area contributed by atoms with Crippen LogP contribution in [0, 0.1) is 0 Å². The molecule has 0 radical (unpaired) electrons. The van der Waals surface area contributed by atoms with Crippen LogP contribution in [0.25, 0.3) is 0 Å². The molecular formula is C17H17BrClNO2. The van der Waals surface area contributed by atoms with Gasteiger partial charge in [0.25, 0.3) is 0 Å². The third kappa shape index (κ3) is 4.24. The Hall–Kier alpha value is -1.52. The number of rotatable bonds is 5. The van der Waals surface area contributed by atoms with Gasteiger partial charge in [0.2, 0.25) is 5.91 Å². The van der Waals surface area contributed by atoms with Gasteiger partial charge in [0.15, 0.2) is 5.75 Å². The molecular weight excluding hydrogens is 366 g/mol. The summed E-state index contributed by atoms with van der Waals surface area (Å²) >= 11 is 9.40. The van der Waals surface area contributed by atoms with E-state index in [0.717, 1.165) is 5.56 Å². The molecule has 116 valence electrons. The Morgan fingerprint density at radius 3 is 2.64 bits per heavy atom. The number of carbonyl (C=O) groups is 1. The van der Waals surface area contributed by atoms with Crippen molar-refractivity contribution in [2.45, 2.75) is 19.3 Å². The first-order chi connectivity index (χ1) is 10.5. The molecule has 2 aromatic carbocycles. The highest BCUT2D eigenvalue weighted by molar-refractivity contribution is 9.10. The molecule has 0 aliphatic heterocycles. The minimum atomic E-state index is -0.0798. The first kappa shape index (κ1) is 16.8. The molecule has 0 aromatic heterocycles. The molecule has 2 aromatic rings. The third-order valence-corrected chi connectivity index (χ3v) is 4.15. The Morgan fingerprint density at radius 1 is 1.32 bits per heavy atom. The van der Waals surface area contributed by atoms with Crippen LogP contribution < -0.4 is 10.1 Å². The lowest BCUT2D eigenvalue weighted by atomic mass is 9.97. The smallest absolute Gasteiger partial charge is 0.225 e. The van der Waals surface area contributed by atoms with Crippen LogP contribution in [0.2, 0.25) is 5.02 Å². The number of methoxy groups -OCH3 is 1. The number of ether oxygens (including phenoxy) is 1. The van der Waals surface area contributed by atoms with Crippen LogP contribution in [0.4, 0.5) is 5.69 Å². The van der Waals surface area contributed by atoms with Crippen LogP contribution in [0.5, 0.6) is 5.75 Å². The molecule has 3 nitrogen and oxygen atoms in total. The van der Waals surface area contributed by atoms with Crippen molar-refractivity contribution >= 4 is 39.1 Å². The number of amides is 1. The summed E-state index contributed by atoms with van der Waals surface area (Å²) in [5.41, 5.74) is 1.70. The maximum absolute atomic E-state index is 12.3. The lowest BCUT2D eigenvalue weighted by molar-refractivity contribution is -0.116. The van der Waals surface area contributed by atoms with E-state index in [9.17, 15) is 4.79 Å². The second-order valence-electron chi connectivity index (χ2n) is 5.03. The van der Waals surface area contributed by atoms with Crippen molar-refractivity contribution < 1.29 is 9.53 Å². The van der Waals surface area contributed by atoms with Gasteiger partial charge in [-0.1, -0.05) is 48.9 Å². The zero-order valence-corrected chi connectivity index (χ0v) is 14.7. The molecule has 1 N–H and O–H groups in total. The molecule has 0 bridgehead atoms. The third-order valence-electron chi connectivity index (χ3n) is 3.35. The van der Waals surface area contributed by atoms with Gasteiger partial charge >= 0.3 is 0 Å². The highest BCUT2D eigenvalue weighted by Gasteiger charge is 2.15. The van der Waals surface area contributed by atoms with Crippen LogP contribution in [-0.4, -0.2) is 13.0 Å². The number of hydrogen-bond acceptors (Lipinski definition) is 2. The Morgan fingerprint density at radius 2 is 2.00 bits per heavy atom. The van der Waals surface area contributed by atoms with Gasteiger partial charge in [-0.25, -0.2) is 0 Å². The van der Waals surface area contributed by atoms with E-state index in [1.165, 1.54) is 0 Å². The molecule has 1 atom stereocenters. The number of hydrogen-bond donors (Lipinski definition) is 1. The Balaban J connectivity index is 2.09. The average Bonchev–Trinajstić information content (AvgIpc) is 2.47. The summed E-state index contributed by atoms with van der Waals surface area (Å²) < 4.78 is 6.00. The van der Waals surface area contributed by atoms with Crippen LogP contribution in [-0.2, 0) is 4.79 Å². The second-order valence-corrected chi connectivity index (χ2v) is 6.32. The summed E-state index contributed by atoms with van der Waals surface area (Å²) in [4.78, 5) is 12.3. The van der Waals surface area contributed by atoms with E-state index in [4.69, 9.17) is 16.3 Å². The van der Waals surface area contributed by atoms with Gasteiger partial charge < -0.3 is 10.1 Å². The van der Waals surface area contributed by atoms with Gasteiger partial charge in [0, 0.05) is 11.4 Å². The minimum absolute atomic E-state index is 0.0798. The molecule has 0 aliphatic rings. The predicted octanol–water partition coefficient (Wildman–Crippen LogP) is 5.24. The van der Waals surface area contributed by atoms with Crippen LogP contribution in [0.3, 0.4) is 0 Å². The standard InChI is InChI=1S/C17H17BrClNO2/c1-11(12-6-4-3-5-7-12)8-16(21)20-15-10-13(19)9-14(18)17(15)22-2/h3-7,9-11H,8H2,1-2H3,(H,20,21)/t11-/m1/s1. The Kier molecular flexibility index (Phi) is 5.86. The van der Waals surface area contributed by atoms with Crippen molar-refractivity contribution in [3.63, 3.8) is 0 Å². The second kappa shape index (κ2) is 7.65. The summed E-state index contributed by atoms with van der Waals surface area (Å²) in [5.74, 6) is 0.615. The van der Waals surface area contributed by atoms with Gasteiger partial charge in [0.1, 0.15) is 0 Å². The molecule has 0 spiro atoms. The number of anilines is 1. The number of nitrogens with one attached hydrogen (secondary N) is 1. The molecule has 0 saturated heterocycles. The average molecular weight is 383 g/mol. The lowest BCUT2D eigenvalue weighted by Crippen LogP contribution is -2.15. The number of halogens is 2. The predicted molar refractivity (Wildman–Crippen MR) is 93.8 cm³/mol. The van der Waals surface area contributed by atoms with Crippen LogP contribution in [0.15, 0.2) is 46.9 Å². The molecule has 0 aliphatic carbocycles. The Labute approximate surface area is 143 Å². The zero-order valence-electron chi connectivity index (χ0n) is 12.4. The van der Waals surface area contributed by atoms with Gasteiger partial charge in [0.05, 0.1) is 17.3 Å². The molecule has 0 heterocycles. The molecule has 0 fully saturated rings. The fourth-order valence-corrected chi connectivity index (χ4v) is 3.21. The van der Waals surface area contributed by atoms with Gasteiger partial charge in [-0.2, -0.15) is 0 Å². The molecule has 1 amide bonds. The van der Waals surface area contributed by atoms with Gasteiger partial charge in [-0.15, -0.1) is 0 Å². The highest BCUT2D eigenvalue weighted by atomic mass is 79.9. The SMILES string of the molecule is COc1c(Br)cc(Cl)cc1NC(=O)C[C@@H](C)c1ccccc1. The molecule has 0 saturated carbocycles. The van der Waals surface area contributed by atoms with Crippen molar-refractivity contribution in [1.82, 2.24) is 0 Å². The minimum Gasteiger partial charge on any atom is -0.493 e. The molecule has 22 heavy (non-hydrogen) atoms.